The number of carbonyl (C=O) groups excluding carboxylic acids is 3. The second-order valence-electron chi connectivity index (χ2n) is 5.23. The third kappa shape index (κ3) is 6.72. The smallest absolute Gasteiger partial charge is 0.358 e. The van der Waals surface area contributed by atoms with Gasteiger partial charge in [0.25, 0.3) is 5.91 Å². The van der Waals surface area contributed by atoms with E-state index in [-0.39, 0.29) is 24.1 Å². The summed E-state index contributed by atoms with van der Waals surface area (Å²) in [6, 6.07) is 9.98. The molecule has 0 fully saturated rings. The van der Waals surface area contributed by atoms with Gasteiger partial charge in [-0.1, -0.05) is 30.3 Å². The van der Waals surface area contributed by atoms with Crippen molar-refractivity contribution in [2.24, 2.45) is 0 Å². The van der Waals surface area contributed by atoms with E-state index in [0.717, 1.165) is 24.2 Å². The van der Waals surface area contributed by atoms with Crippen LogP contribution in [0.4, 0.5) is 5.13 Å². The van der Waals surface area contributed by atoms with Gasteiger partial charge in [-0.25, -0.2) is 9.78 Å². The molecule has 2 N–H and O–H groups in total. The van der Waals surface area contributed by atoms with Crippen LogP contribution < -0.4 is 10.6 Å². The van der Waals surface area contributed by atoms with E-state index in [4.69, 9.17) is 4.74 Å². The fourth-order valence-electron chi connectivity index (χ4n) is 2.00. The number of nitrogens with zero attached hydrogens (tertiary/aromatic N) is 1. The zero-order valence-corrected chi connectivity index (χ0v) is 14.6. The molecule has 0 bridgehead atoms. The molecule has 8 heteroatoms. The van der Waals surface area contributed by atoms with Crippen molar-refractivity contribution in [3.05, 3.63) is 47.0 Å². The fourth-order valence-corrected chi connectivity index (χ4v) is 2.72. The molecule has 0 aliphatic rings. The number of amides is 2. The monoisotopic (exact) mass is 361 g/mol. The first kappa shape index (κ1) is 18.6. The van der Waals surface area contributed by atoms with Gasteiger partial charge in [-0.05, 0) is 18.4 Å². The Hall–Kier alpha value is -2.74. The first-order valence-corrected chi connectivity index (χ1v) is 8.63. The van der Waals surface area contributed by atoms with Crippen LogP contribution in [0.1, 0.15) is 29.4 Å². The minimum Gasteiger partial charge on any atom is -0.451 e. The fraction of sp³-hybridized carbons (Fsp3) is 0.294. The molecule has 0 radical (unpaired) electrons. The number of ether oxygens (including phenoxy) is 1. The SMILES string of the molecule is CC(=O)Nc1nc(C(=O)OCC(=O)NCCCc2ccccc2)cs1. The molecule has 2 rings (SSSR count). The van der Waals surface area contributed by atoms with Gasteiger partial charge in [-0.3, -0.25) is 9.59 Å². The molecule has 0 aliphatic carbocycles. The van der Waals surface area contributed by atoms with Gasteiger partial charge in [-0.15, -0.1) is 11.3 Å². The Morgan fingerprint density at radius 2 is 1.96 bits per heavy atom. The number of aryl methyl sites for hydroxylation is 1. The summed E-state index contributed by atoms with van der Waals surface area (Å²) >= 11 is 1.11. The number of anilines is 1. The molecule has 0 spiro atoms. The molecule has 132 valence electrons. The summed E-state index contributed by atoms with van der Waals surface area (Å²) in [6.45, 7) is 1.49. The summed E-state index contributed by atoms with van der Waals surface area (Å²) in [7, 11) is 0. The largest absolute Gasteiger partial charge is 0.451 e. The van der Waals surface area contributed by atoms with E-state index >= 15 is 0 Å². The van der Waals surface area contributed by atoms with Crippen LogP contribution in [0.25, 0.3) is 0 Å². The average molecular weight is 361 g/mol. The zero-order chi connectivity index (χ0) is 18.1. The van der Waals surface area contributed by atoms with Crippen LogP contribution in [0.2, 0.25) is 0 Å². The van der Waals surface area contributed by atoms with E-state index in [1.807, 2.05) is 30.3 Å². The maximum atomic E-state index is 11.8. The van der Waals surface area contributed by atoms with Crippen LogP contribution in [0, 0.1) is 0 Å². The van der Waals surface area contributed by atoms with Crippen LogP contribution in [0.3, 0.4) is 0 Å². The van der Waals surface area contributed by atoms with Gasteiger partial charge in [0.1, 0.15) is 0 Å². The van der Waals surface area contributed by atoms with E-state index < -0.39 is 5.97 Å². The Labute approximate surface area is 149 Å². The lowest BCUT2D eigenvalue weighted by Gasteiger charge is -2.06. The lowest BCUT2D eigenvalue weighted by Crippen LogP contribution is -2.29. The number of hydrogen-bond acceptors (Lipinski definition) is 6. The summed E-state index contributed by atoms with van der Waals surface area (Å²) in [6.07, 6.45) is 1.67. The maximum Gasteiger partial charge on any atom is 0.358 e. The molecule has 1 aromatic heterocycles. The van der Waals surface area contributed by atoms with Crippen LogP contribution >= 0.6 is 11.3 Å². The van der Waals surface area contributed by atoms with Gasteiger partial charge in [0.05, 0.1) is 0 Å². The molecule has 0 atom stereocenters. The molecule has 25 heavy (non-hydrogen) atoms. The van der Waals surface area contributed by atoms with E-state index in [9.17, 15) is 14.4 Å². The van der Waals surface area contributed by atoms with Gasteiger partial charge in [0.2, 0.25) is 5.91 Å². The lowest BCUT2D eigenvalue weighted by atomic mass is 10.1. The minimum atomic E-state index is -0.702. The molecule has 0 saturated carbocycles. The molecule has 2 aromatic rings. The Kier molecular flexibility index (Phi) is 7.09. The Balaban J connectivity index is 1.64. The number of thiazole rings is 1. The molecule has 1 aromatic carbocycles. The van der Waals surface area contributed by atoms with Gasteiger partial charge >= 0.3 is 5.97 Å². The Morgan fingerprint density at radius 1 is 1.20 bits per heavy atom. The van der Waals surface area contributed by atoms with Crippen LogP contribution in [0.5, 0.6) is 0 Å². The summed E-state index contributed by atoms with van der Waals surface area (Å²) in [5, 5.41) is 6.95. The van der Waals surface area contributed by atoms with Crippen molar-refractivity contribution in [1.82, 2.24) is 10.3 Å². The molecule has 1 heterocycles. The second-order valence-corrected chi connectivity index (χ2v) is 6.09. The molecule has 0 aliphatic heterocycles. The normalized spacial score (nSPS) is 10.1. The molecule has 0 saturated heterocycles. The predicted molar refractivity (Wildman–Crippen MR) is 94.5 cm³/mol. The first-order valence-electron chi connectivity index (χ1n) is 7.75. The maximum absolute atomic E-state index is 11.8. The van der Waals surface area contributed by atoms with Gasteiger partial charge in [0, 0.05) is 18.8 Å². The van der Waals surface area contributed by atoms with E-state index in [2.05, 4.69) is 15.6 Å². The summed E-state index contributed by atoms with van der Waals surface area (Å²) in [4.78, 5) is 38.3. The highest BCUT2D eigenvalue weighted by molar-refractivity contribution is 7.14. The highest BCUT2D eigenvalue weighted by atomic mass is 32.1. The lowest BCUT2D eigenvalue weighted by molar-refractivity contribution is -0.124. The van der Waals surface area contributed by atoms with Crippen molar-refractivity contribution >= 4 is 34.3 Å². The van der Waals surface area contributed by atoms with Crippen molar-refractivity contribution < 1.29 is 19.1 Å². The highest BCUT2D eigenvalue weighted by Crippen LogP contribution is 2.15. The van der Waals surface area contributed by atoms with Crippen molar-refractivity contribution in [2.75, 3.05) is 18.5 Å². The minimum absolute atomic E-state index is 0.0608. The first-order chi connectivity index (χ1) is 12.0. The number of aromatic nitrogens is 1. The van der Waals surface area contributed by atoms with Crippen LogP contribution in [-0.4, -0.2) is 35.9 Å². The third-order valence-electron chi connectivity index (χ3n) is 3.14. The number of rotatable bonds is 8. The Bertz CT molecular complexity index is 731. The molecule has 2 amide bonds. The average Bonchev–Trinajstić information content (AvgIpc) is 3.05. The number of benzene rings is 1. The summed E-state index contributed by atoms with van der Waals surface area (Å²) in [5.41, 5.74) is 1.27. The van der Waals surface area contributed by atoms with E-state index in [0.29, 0.717) is 11.7 Å². The van der Waals surface area contributed by atoms with Crippen molar-refractivity contribution in [1.29, 1.82) is 0 Å². The predicted octanol–water partition coefficient (Wildman–Crippen LogP) is 2.01. The quantitative estimate of drug-likeness (QED) is 0.554. The highest BCUT2D eigenvalue weighted by Gasteiger charge is 2.14. The zero-order valence-electron chi connectivity index (χ0n) is 13.8. The number of carbonyl (C=O) groups is 3. The van der Waals surface area contributed by atoms with Gasteiger partial charge < -0.3 is 15.4 Å². The third-order valence-corrected chi connectivity index (χ3v) is 3.90. The molecule has 7 nitrogen and oxygen atoms in total. The van der Waals surface area contributed by atoms with Gasteiger partial charge in [0.15, 0.2) is 17.4 Å². The van der Waals surface area contributed by atoms with Crippen LogP contribution in [-0.2, 0) is 20.7 Å². The Morgan fingerprint density at radius 3 is 2.68 bits per heavy atom. The second kappa shape index (κ2) is 9.53. The van der Waals surface area contributed by atoms with Crippen molar-refractivity contribution in [3.63, 3.8) is 0 Å². The number of nitrogens with one attached hydrogen (secondary N) is 2. The van der Waals surface area contributed by atoms with Crippen molar-refractivity contribution in [2.45, 2.75) is 19.8 Å². The topological polar surface area (TPSA) is 97.4 Å². The van der Waals surface area contributed by atoms with E-state index in [1.54, 1.807) is 0 Å². The molecule has 0 unspecified atom stereocenters. The van der Waals surface area contributed by atoms with Gasteiger partial charge in [-0.2, -0.15) is 0 Å². The molecular weight excluding hydrogens is 342 g/mol. The summed E-state index contributed by atoms with van der Waals surface area (Å²) in [5.74, 6) is -1.34. The van der Waals surface area contributed by atoms with E-state index in [1.165, 1.54) is 17.9 Å². The molecular formula is C17H19N3O4S. The van der Waals surface area contributed by atoms with Crippen molar-refractivity contribution in [3.8, 4) is 0 Å². The summed E-state index contributed by atoms with van der Waals surface area (Å²) < 4.78 is 4.90. The number of hydrogen-bond donors (Lipinski definition) is 2. The standard InChI is InChI=1S/C17H19N3O4S/c1-12(21)19-17-20-14(11-25-17)16(23)24-10-15(22)18-9-5-8-13-6-3-2-4-7-13/h2-4,6-7,11H,5,8-10H2,1H3,(H,18,22)(H,19,20,21). The number of esters is 1. The van der Waals surface area contributed by atoms with Crippen LogP contribution in [0.15, 0.2) is 35.7 Å².